The van der Waals surface area contributed by atoms with Crippen LogP contribution in [0.3, 0.4) is 0 Å². The Morgan fingerprint density at radius 3 is 3.00 bits per heavy atom. The molecular formula is C15H21FN2. The van der Waals surface area contributed by atoms with E-state index in [4.69, 9.17) is 5.73 Å². The van der Waals surface area contributed by atoms with E-state index in [0.717, 1.165) is 37.0 Å². The predicted octanol–water partition coefficient (Wildman–Crippen LogP) is 2.78. The van der Waals surface area contributed by atoms with Gasteiger partial charge in [-0.05, 0) is 62.3 Å². The van der Waals surface area contributed by atoms with Gasteiger partial charge in [-0.1, -0.05) is 6.07 Å². The Kier molecular flexibility index (Phi) is 3.25. The van der Waals surface area contributed by atoms with Crippen LogP contribution in [0.2, 0.25) is 0 Å². The van der Waals surface area contributed by atoms with Crippen molar-refractivity contribution in [3.8, 4) is 0 Å². The second-order valence-corrected chi connectivity index (χ2v) is 5.70. The molecular weight excluding hydrogens is 227 g/mol. The van der Waals surface area contributed by atoms with E-state index < -0.39 is 0 Å². The molecule has 2 N–H and O–H groups in total. The SMILES string of the molecule is NCCC1CCC2CC1CN2c1cccc(F)c1. The first-order chi connectivity index (χ1) is 8.78. The third kappa shape index (κ3) is 2.12. The fraction of sp³-hybridized carbons (Fsp3) is 0.600. The van der Waals surface area contributed by atoms with Gasteiger partial charge in [0.2, 0.25) is 0 Å². The van der Waals surface area contributed by atoms with E-state index in [2.05, 4.69) is 4.90 Å². The topological polar surface area (TPSA) is 29.3 Å². The zero-order chi connectivity index (χ0) is 12.5. The Labute approximate surface area is 108 Å². The standard InChI is InChI=1S/C15H21FN2/c16-13-2-1-3-14(9-13)18-10-12-8-15(18)5-4-11(12)6-7-17/h1-3,9,11-12,15H,4-8,10,17H2. The molecule has 1 aliphatic carbocycles. The van der Waals surface area contributed by atoms with Crippen LogP contribution in [-0.2, 0) is 0 Å². The molecule has 1 aromatic rings. The highest BCUT2D eigenvalue weighted by Gasteiger charge is 2.40. The van der Waals surface area contributed by atoms with E-state index in [-0.39, 0.29) is 5.82 Å². The van der Waals surface area contributed by atoms with Crippen molar-refractivity contribution in [3.05, 3.63) is 30.1 Å². The Balaban J connectivity index is 1.77. The van der Waals surface area contributed by atoms with Gasteiger partial charge >= 0.3 is 0 Å². The minimum absolute atomic E-state index is 0.132. The van der Waals surface area contributed by atoms with Crippen molar-refractivity contribution in [2.45, 2.75) is 31.7 Å². The smallest absolute Gasteiger partial charge is 0.125 e. The summed E-state index contributed by atoms with van der Waals surface area (Å²) in [4.78, 5) is 2.41. The normalized spacial score (nSPS) is 30.8. The van der Waals surface area contributed by atoms with Crippen molar-refractivity contribution in [3.63, 3.8) is 0 Å². The molecule has 1 heterocycles. The number of rotatable bonds is 3. The lowest BCUT2D eigenvalue weighted by molar-refractivity contribution is 0.268. The molecule has 3 atom stereocenters. The van der Waals surface area contributed by atoms with Crippen molar-refractivity contribution in [2.24, 2.45) is 17.6 Å². The van der Waals surface area contributed by atoms with E-state index in [1.54, 1.807) is 6.07 Å². The largest absolute Gasteiger partial charge is 0.368 e. The fourth-order valence-corrected chi connectivity index (χ4v) is 3.78. The third-order valence-electron chi connectivity index (χ3n) is 4.66. The number of fused-ring (bicyclic) bond motifs is 2. The molecule has 3 unspecified atom stereocenters. The van der Waals surface area contributed by atoms with Crippen molar-refractivity contribution in [1.29, 1.82) is 0 Å². The first-order valence-electron chi connectivity index (χ1n) is 7.00. The third-order valence-corrected chi connectivity index (χ3v) is 4.66. The molecule has 0 amide bonds. The minimum Gasteiger partial charge on any atom is -0.368 e. The van der Waals surface area contributed by atoms with Gasteiger partial charge in [0.1, 0.15) is 5.82 Å². The molecule has 98 valence electrons. The number of nitrogens with two attached hydrogens (primary N) is 1. The van der Waals surface area contributed by atoms with Gasteiger partial charge in [0.05, 0.1) is 0 Å². The summed E-state index contributed by atoms with van der Waals surface area (Å²) >= 11 is 0. The summed E-state index contributed by atoms with van der Waals surface area (Å²) < 4.78 is 13.3. The average molecular weight is 248 g/mol. The van der Waals surface area contributed by atoms with Crippen molar-refractivity contribution >= 4 is 5.69 Å². The summed E-state index contributed by atoms with van der Waals surface area (Å²) in [6.07, 6.45) is 4.94. The Hall–Kier alpha value is -1.09. The molecule has 2 aliphatic rings. The molecule has 18 heavy (non-hydrogen) atoms. The summed E-state index contributed by atoms with van der Waals surface area (Å²) in [7, 11) is 0. The summed E-state index contributed by atoms with van der Waals surface area (Å²) in [5, 5.41) is 0. The monoisotopic (exact) mass is 248 g/mol. The Morgan fingerprint density at radius 1 is 1.33 bits per heavy atom. The quantitative estimate of drug-likeness (QED) is 0.891. The molecule has 3 rings (SSSR count). The Bertz CT molecular complexity index is 421. The first-order valence-corrected chi connectivity index (χ1v) is 7.00. The van der Waals surface area contributed by atoms with Gasteiger partial charge in [0, 0.05) is 18.3 Å². The number of hydrogen-bond donors (Lipinski definition) is 1. The van der Waals surface area contributed by atoms with Crippen molar-refractivity contribution in [1.82, 2.24) is 0 Å². The van der Waals surface area contributed by atoms with E-state index in [1.807, 2.05) is 12.1 Å². The van der Waals surface area contributed by atoms with Gasteiger partial charge in [0.15, 0.2) is 0 Å². The van der Waals surface area contributed by atoms with Gasteiger partial charge in [-0.25, -0.2) is 4.39 Å². The number of anilines is 1. The lowest BCUT2D eigenvalue weighted by atomic mass is 9.78. The van der Waals surface area contributed by atoms with Crippen LogP contribution < -0.4 is 10.6 Å². The minimum atomic E-state index is -0.132. The zero-order valence-electron chi connectivity index (χ0n) is 10.7. The maximum Gasteiger partial charge on any atom is 0.125 e. The van der Waals surface area contributed by atoms with Gasteiger partial charge in [-0.2, -0.15) is 0 Å². The summed E-state index contributed by atoms with van der Waals surface area (Å²) in [6, 6.07) is 7.64. The molecule has 0 radical (unpaired) electrons. The second-order valence-electron chi connectivity index (χ2n) is 5.70. The average Bonchev–Trinajstić information content (AvgIpc) is 2.71. The van der Waals surface area contributed by atoms with Crippen LogP contribution in [0.5, 0.6) is 0 Å². The molecule has 3 heteroatoms. The highest BCUT2D eigenvalue weighted by molar-refractivity contribution is 5.49. The summed E-state index contributed by atoms with van der Waals surface area (Å²) in [5.41, 5.74) is 6.74. The van der Waals surface area contributed by atoms with E-state index in [0.29, 0.717) is 6.04 Å². The maximum absolute atomic E-state index is 13.3. The van der Waals surface area contributed by atoms with Crippen LogP contribution >= 0.6 is 0 Å². The molecule has 2 nitrogen and oxygen atoms in total. The highest BCUT2D eigenvalue weighted by Crippen LogP contribution is 2.42. The molecule has 0 spiro atoms. The van der Waals surface area contributed by atoms with Crippen LogP contribution in [0.25, 0.3) is 0 Å². The van der Waals surface area contributed by atoms with Crippen LogP contribution in [0, 0.1) is 17.7 Å². The number of benzene rings is 1. The molecule has 2 bridgehead atoms. The van der Waals surface area contributed by atoms with Gasteiger partial charge < -0.3 is 10.6 Å². The predicted molar refractivity (Wildman–Crippen MR) is 72.0 cm³/mol. The molecule has 1 saturated heterocycles. The maximum atomic E-state index is 13.3. The number of halogens is 1. The van der Waals surface area contributed by atoms with Crippen LogP contribution in [0.4, 0.5) is 10.1 Å². The molecule has 0 aromatic heterocycles. The fourth-order valence-electron chi connectivity index (χ4n) is 3.78. The highest BCUT2D eigenvalue weighted by atomic mass is 19.1. The molecule has 1 saturated carbocycles. The van der Waals surface area contributed by atoms with Crippen LogP contribution in [-0.4, -0.2) is 19.1 Å². The van der Waals surface area contributed by atoms with Crippen LogP contribution in [0.15, 0.2) is 24.3 Å². The van der Waals surface area contributed by atoms with Crippen molar-refractivity contribution in [2.75, 3.05) is 18.0 Å². The van der Waals surface area contributed by atoms with Crippen molar-refractivity contribution < 1.29 is 4.39 Å². The van der Waals surface area contributed by atoms with Crippen LogP contribution in [0.1, 0.15) is 25.7 Å². The van der Waals surface area contributed by atoms with E-state index in [9.17, 15) is 4.39 Å². The van der Waals surface area contributed by atoms with E-state index >= 15 is 0 Å². The lowest BCUT2D eigenvalue weighted by Crippen LogP contribution is -2.28. The number of nitrogens with zero attached hydrogens (tertiary/aromatic N) is 1. The summed E-state index contributed by atoms with van der Waals surface area (Å²) in [5.74, 6) is 1.41. The summed E-state index contributed by atoms with van der Waals surface area (Å²) in [6.45, 7) is 1.88. The molecule has 1 aromatic carbocycles. The van der Waals surface area contributed by atoms with Gasteiger partial charge in [0.25, 0.3) is 0 Å². The second kappa shape index (κ2) is 4.88. The first kappa shape index (κ1) is 12.0. The van der Waals surface area contributed by atoms with E-state index in [1.165, 1.54) is 25.3 Å². The lowest BCUT2D eigenvalue weighted by Gasteiger charge is -2.29. The zero-order valence-corrected chi connectivity index (χ0v) is 10.7. The Morgan fingerprint density at radius 2 is 2.22 bits per heavy atom. The molecule has 2 fully saturated rings. The number of hydrogen-bond acceptors (Lipinski definition) is 2. The van der Waals surface area contributed by atoms with Gasteiger partial charge in [-0.3, -0.25) is 0 Å². The van der Waals surface area contributed by atoms with Gasteiger partial charge in [-0.15, -0.1) is 0 Å². The molecule has 1 aliphatic heterocycles.